The quantitative estimate of drug-likeness (QED) is 0.836. The highest BCUT2D eigenvalue weighted by Gasteiger charge is 2.28. The van der Waals surface area contributed by atoms with Gasteiger partial charge in [-0.1, -0.05) is 25.5 Å². The van der Waals surface area contributed by atoms with Gasteiger partial charge in [-0.05, 0) is 37.0 Å². The zero-order valence-electron chi connectivity index (χ0n) is 13.9. The molecule has 0 radical (unpaired) electrons. The number of nitrogens with two attached hydrogens (primary N) is 1. The normalized spacial score (nSPS) is 17.8. The van der Waals surface area contributed by atoms with Gasteiger partial charge in [-0.2, -0.15) is 0 Å². The third-order valence-corrected chi connectivity index (χ3v) is 4.26. The molecule has 2 amide bonds. The minimum absolute atomic E-state index is 0.00578. The van der Waals surface area contributed by atoms with E-state index in [1.54, 1.807) is 4.90 Å². The third-order valence-electron chi connectivity index (χ3n) is 4.26. The Hall–Kier alpha value is -1.88. The number of amides is 2. The number of piperidine rings is 1. The number of nitrogens with one attached hydrogen (secondary N) is 1. The van der Waals surface area contributed by atoms with Crippen LogP contribution < -0.4 is 11.1 Å². The molecule has 1 unspecified atom stereocenters. The minimum atomic E-state index is -0.126. The fraction of sp³-hybridized carbons (Fsp3) is 0.556. The first-order valence-electron chi connectivity index (χ1n) is 8.51. The van der Waals surface area contributed by atoms with E-state index in [0.29, 0.717) is 25.2 Å². The van der Waals surface area contributed by atoms with E-state index in [1.807, 2.05) is 24.3 Å². The van der Waals surface area contributed by atoms with Crippen molar-refractivity contribution in [2.45, 2.75) is 32.6 Å². The molecule has 1 saturated heterocycles. The van der Waals surface area contributed by atoms with E-state index in [1.165, 1.54) is 5.56 Å². The maximum atomic E-state index is 12.6. The Balaban J connectivity index is 1.97. The number of carbonyl (C=O) groups is 2. The molecule has 0 aliphatic carbocycles. The molecule has 1 fully saturated rings. The predicted molar refractivity (Wildman–Crippen MR) is 91.1 cm³/mol. The third kappa shape index (κ3) is 4.79. The zero-order valence-corrected chi connectivity index (χ0v) is 13.9. The zero-order chi connectivity index (χ0) is 16.7. The lowest BCUT2D eigenvalue weighted by molar-refractivity contribution is -0.126. The van der Waals surface area contributed by atoms with Gasteiger partial charge < -0.3 is 16.0 Å². The van der Waals surface area contributed by atoms with Crippen LogP contribution in [-0.4, -0.2) is 42.9 Å². The average Bonchev–Trinajstić information content (AvgIpc) is 2.60. The smallest absolute Gasteiger partial charge is 0.253 e. The van der Waals surface area contributed by atoms with Crippen molar-refractivity contribution in [3.05, 3.63) is 35.4 Å². The highest BCUT2D eigenvalue weighted by Crippen LogP contribution is 2.19. The van der Waals surface area contributed by atoms with Crippen molar-refractivity contribution < 1.29 is 9.59 Å². The van der Waals surface area contributed by atoms with E-state index < -0.39 is 0 Å². The summed E-state index contributed by atoms with van der Waals surface area (Å²) >= 11 is 0. The van der Waals surface area contributed by atoms with Gasteiger partial charge in [0.15, 0.2) is 0 Å². The maximum absolute atomic E-state index is 12.6. The van der Waals surface area contributed by atoms with Crippen LogP contribution in [0, 0.1) is 5.92 Å². The van der Waals surface area contributed by atoms with E-state index in [9.17, 15) is 9.59 Å². The van der Waals surface area contributed by atoms with Crippen LogP contribution in [0.3, 0.4) is 0 Å². The molecular weight excluding hydrogens is 290 g/mol. The lowest BCUT2D eigenvalue weighted by Gasteiger charge is -2.32. The molecular formula is C18H27N3O2. The topological polar surface area (TPSA) is 75.4 Å². The molecule has 0 spiro atoms. The summed E-state index contributed by atoms with van der Waals surface area (Å²) in [4.78, 5) is 26.5. The van der Waals surface area contributed by atoms with E-state index in [-0.39, 0.29) is 17.7 Å². The van der Waals surface area contributed by atoms with Crippen LogP contribution in [0.15, 0.2) is 24.3 Å². The lowest BCUT2D eigenvalue weighted by atomic mass is 9.96. The molecule has 0 bridgehead atoms. The molecule has 5 heteroatoms. The van der Waals surface area contributed by atoms with Crippen molar-refractivity contribution >= 4 is 11.8 Å². The summed E-state index contributed by atoms with van der Waals surface area (Å²) in [5.41, 5.74) is 7.37. The van der Waals surface area contributed by atoms with Crippen molar-refractivity contribution in [1.82, 2.24) is 10.2 Å². The number of nitrogens with zero attached hydrogens (tertiary/aromatic N) is 1. The number of aryl methyl sites for hydroxylation is 1. The molecule has 5 nitrogen and oxygen atoms in total. The summed E-state index contributed by atoms with van der Waals surface area (Å²) in [7, 11) is 0. The van der Waals surface area contributed by atoms with Crippen molar-refractivity contribution in [1.29, 1.82) is 0 Å². The van der Waals surface area contributed by atoms with Crippen LogP contribution in [0.1, 0.15) is 42.1 Å². The molecule has 1 aromatic rings. The van der Waals surface area contributed by atoms with Gasteiger partial charge in [0.1, 0.15) is 0 Å². The Bertz CT molecular complexity index is 528. The maximum Gasteiger partial charge on any atom is 0.253 e. The second-order valence-electron chi connectivity index (χ2n) is 6.12. The molecule has 0 aromatic heterocycles. The van der Waals surface area contributed by atoms with E-state index in [0.717, 1.165) is 32.2 Å². The average molecular weight is 317 g/mol. The van der Waals surface area contributed by atoms with Gasteiger partial charge in [-0.3, -0.25) is 9.59 Å². The van der Waals surface area contributed by atoms with Gasteiger partial charge in [0.05, 0.1) is 5.92 Å². The van der Waals surface area contributed by atoms with Crippen molar-refractivity contribution in [3.8, 4) is 0 Å². The number of hydrogen-bond acceptors (Lipinski definition) is 3. The Morgan fingerprint density at radius 1 is 1.30 bits per heavy atom. The highest BCUT2D eigenvalue weighted by molar-refractivity contribution is 5.94. The summed E-state index contributed by atoms with van der Waals surface area (Å²) in [6.07, 6.45) is 3.82. The number of likely N-dealkylation sites (tertiary alicyclic amines) is 1. The number of hydrogen-bond donors (Lipinski definition) is 2. The van der Waals surface area contributed by atoms with Crippen LogP contribution in [0.25, 0.3) is 0 Å². The van der Waals surface area contributed by atoms with E-state index in [4.69, 9.17) is 5.73 Å². The lowest BCUT2D eigenvalue weighted by Crippen LogP contribution is -2.46. The summed E-state index contributed by atoms with van der Waals surface area (Å²) in [6.45, 7) is 4.28. The first kappa shape index (κ1) is 17.5. The fourth-order valence-electron chi connectivity index (χ4n) is 3.00. The number of rotatable bonds is 6. The first-order valence-corrected chi connectivity index (χ1v) is 8.51. The highest BCUT2D eigenvalue weighted by atomic mass is 16.2. The van der Waals surface area contributed by atoms with Gasteiger partial charge in [0, 0.05) is 31.7 Å². The second kappa shape index (κ2) is 8.67. The van der Waals surface area contributed by atoms with Gasteiger partial charge in [-0.25, -0.2) is 0 Å². The Labute approximate surface area is 138 Å². The second-order valence-corrected chi connectivity index (χ2v) is 6.12. The minimum Gasteiger partial charge on any atom is -0.355 e. The van der Waals surface area contributed by atoms with Crippen molar-refractivity contribution in [2.75, 3.05) is 26.2 Å². The van der Waals surface area contributed by atoms with E-state index in [2.05, 4.69) is 12.2 Å². The molecule has 0 saturated carbocycles. The Kier molecular flexibility index (Phi) is 6.59. The summed E-state index contributed by atoms with van der Waals surface area (Å²) in [5.74, 6) is -0.103. The summed E-state index contributed by atoms with van der Waals surface area (Å²) in [5, 5.41) is 2.82. The molecule has 1 aromatic carbocycles. The molecule has 23 heavy (non-hydrogen) atoms. The van der Waals surface area contributed by atoms with E-state index >= 15 is 0 Å². The molecule has 1 aliphatic heterocycles. The van der Waals surface area contributed by atoms with Crippen molar-refractivity contribution in [3.63, 3.8) is 0 Å². The summed E-state index contributed by atoms with van der Waals surface area (Å²) in [6, 6.07) is 7.83. The molecule has 2 rings (SSSR count). The van der Waals surface area contributed by atoms with Gasteiger partial charge in [0.2, 0.25) is 5.91 Å². The largest absolute Gasteiger partial charge is 0.355 e. The summed E-state index contributed by atoms with van der Waals surface area (Å²) < 4.78 is 0. The van der Waals surface area contributed by atoms with Gasteiger partial charge in [0.25, 0.3) is 5.91 Å². The molecule has 126 valence electrons. The van der Waals surface area contributed by atoms with Gasteiger partial charge >= 0.3 is 0 Å². The SMILES string of the molecule is CCCc1ccc(C(=O)N2CCCC(C(=O)NCCN)C2)cc1. The number of benzene rings is 1. The van der Waals surface area contributed by atoms with Crippen LogP contribution >= 0.6 is 0 Å². The number of carbonyl (C=O) groups excluding carboxylic acids is 2. The van der Waals surface area contributed by atoms with Crippen LogP contribution in [0.5, 0.6) is 0 Å². The van der Waals surface area contributed by atoms with Crippen LogP contribution in [0.2, 0.25) is 0 Å². The molecule has 1 atom stereocenters. The first-order chi connectivity index (χ1) is 11.2. The Morgan fingerprint density at radius 3 is 2.70 bits per heavy atom. The fourth-order valence-corrected chi connectivity index (χ4v) is 3.00. The van der Waals surface area contributed by atoms with Crippen molar-refractivity contribution in [2.24, 2.45) is 11.7 Å². The molecule has 3 N–H and O–H groups in total. The molecule has 1 heterocycles. The Morgan fingerprint density at radius 2 is 2.04 bits per heavy atom. The van der Waals surface area contributed by atoms with Crippen LogP contribution in [0.4, 0.5) is 0 Å². The monoisotopic (exact) mass is 317 g/mol. The van der Waals surface area contributed by atoms with Crippen LogP contribution in [-0.2, 0) is 11.2 Å². The predicted octanol–water partition coefficient (Wildman–Crippen LogP) is 1.57. The molecule has 1 aliphatic rings. The van der Waals surface area contributed by atoms with Gasteiger partial charge in [-0.15, -0.1) is 0 Å². The standard InChI is InChI=1S/C18H27N3O2/c1-2-4-14-6-8-15(9-7-14)18(23)21-12-3-5-16(13-21)17(22)20-11-10-19/h6-9,16H,2-5,10-13,19H2,1H3,(H,20,22).